The van der Waals surface area contributed by atoms with Gasteiger partial charge < -0.3 is 14.2 Å². The zero-order valence-corrected chi connectivity index (χ0v) is 19.5. The summed E-state index contributed by atoms with van der Waals surface area (Å²) in [6.07, 6.45) is 2.01. The quantitative estimate of drug-likeness (QED) is 0.428. The van der Waals surface area contributed by atoms with E-state index in [9.17, 15) is 14.9 Å². The molecule has 2 unspecified atom stereocenters. The Hall–Kier alpha value is -2.69. The second kappa shape index (κ2) is 9.85. The number of ether oxygens (including phenoxy) is 3. The van der Waals surface area contributed by atoms with Gasteiger partial charge in [0.25, 0.3) is 0 Å². The summed E-state index contributed by atoms with van der Waals surface area (Å²) < 4.78 is 16.0. The molecule has 170 valence electrons. The third-order valence-electron chi connectivity index (χ3n) is 5.98. The minimum Gasteiger partial charge on any atom is -0.465 e. The van der Waals surface area contributed by atoms with Crippen LogP contribution in [0.25, 0.3) is 0 Å². The van der Waals surface area contributed by atoms with Crippen LogP contribution in [0.2, 0.25) is 5.02 Å². The Kier molecular flexibility index (Phi) is 7.37. The number of carbonyl (C=O) groups is 2. The van der Waals surface area contributed by atoms with E-state index in [0.29, 0.717) is 23.6 Å². The van der Waals surface area contributed by atoms with Crippen LogP contribution in [0.15, 0.2) is 34.5 Å². The number of carbonyl (C=O) groups excluding carboxylic acids is 2. The largest absolute Gasteiger partial charge is 0.465 e. The molecule has 1 aliphatic heterocycles. The first kappa shape index (κ1) is 24.0. The molecule has 2 atom stereocenters. The van der Waals surface area contributed by atoms with Crippen molar-refractivity contribution in [2.75, 3.05) is 26.9 Å². The lowest BCUT2D eigenvalue weighted by Crippen LogP contribution is -2.37. The lowest BCUT2D eigenvalue weighted by molar-refractivity contribution is -0.148. The van der Waals surface area contributed by atoms with Gasteiger partial charge in [-0.15, -0.1) is 0 Å². The van der Waals surface area contributed by atoms with Crippen molar-refractivity contribution in [1.29, 1.82) is 5.26 Å². The van der Waals surface area contributed by atoms with Crippen LogP contribution in [0.3, 0.4) is 0 Å². The fourth-order valence-corrected chi connectivity index (χ4v) is 4.07. The zero-order chi connectivity index (χ0) is 23.5. The van der Waals surface area contributed by atoms with Crippen molar-refractivity contribution in [1.82, 2.24) is 0 Å². The summed E-state index contributed by atoms with van der Waals surface area (Å²) in [5.74, 6) is -2.79. The fourth-order valence-electron chi connectivity index (χ4n) is 3.85. The van der Waals surface area contributed by atoms with Gasteiger partial charge in [0.2, 0.25) is 0 Å². The van der Waals surface area contributed by atoms with E-state index < -0.39 is 23.8 Å². The first-order valence-electron chi connectivity index (χ1n) is 10.5. The molecule has 1 aromatic rings. The van der Waals surface area contributed by atoms with Crippen LogP contribution in [-0.2, 0) is 23.8 Å². The van der Waals surface area contributed by atoms with Gasteiger partial charge >= 0.3 is 11.9 Å². The lowest BCUT2D eigenvalue weighted by Gasteiger charge is -2.32. The standard InChI is InChI=1S/C24H27ClN2O5/c1-14-19(22(28)31-11-10-30-4)21(16-6-5-7-18(25)17(16)12-26)20(15(2)27-14)23(29)32-13-24(3)8-9-24/h5-7,20-21H,8-11,13H2,1-4H3. The van der Waals surface area contributed by atoms with Gasteiger partial charge in [-0.2, -0.15) is 5.26 Å². The third kappa shape index (κ3) is 5.03. The second-order valence-electron chi connectivity index (χ2n) is 8.57. The number of halogens is 1. The molecular formula is C24H27ClN2O5. The summed E-state index contributed by atoms with van der Waals surface area (Å²) in [6.45, 7) is 6.06. The number of hydrogen-bond donors (Lipinski definition) is 0. The SMILES string of the molecule is COCCOC(=O)C1=C(C)N=C(C)C(C(=O)OCC2(C)CC2)C1c1cccc(Cl)c1C#N. The average Bonchev–Trinajstić information content (AvgIpc) is 3.49. The maximum Gasteiger partial charge on any atom is 0.336 e. The summed E-state index contributed by atoms with van der Waals surface area (Å²) in [4.78, 5) is 30.8. The Morgan fingerprint density at radius 2 is 1.97 bits per heavy atom. The Morgan fingerprint density at radius 1 is 1.25 bits per heavy atom. The molecule has 0 radical (unpaired) electrons. The molecular weight excluding hydrogens is 432 g/mol. The highest BCUT2D eigenvalue weighted by Gasteiger charge is 2.45. The third-order valence-corrected chi connectivity index (χ3v) is 6.30. The molecule has 2 aliphatic rings. The van der Waals surface area contributed by atoms with Crippen molar-refractivity contribution >= 4 is 29.3 Å². The van der Waals surface area contributed by atoms with Gasteiger partial charge in [-0.3, -0.25) is 9.79 Å². The molecule has 0 amide bonds. The molecule has 3 rings (SSSR count). The number of methoxy groups -OCH3 is 1. The Labute approximate surface area is 193 Å². The molecule has 8 heteroatoms. The zero-order valence-electron chi connectivity index (χ0n) is 18.7. The lowest BCUT2D eigenvalue weighted by atomic mass is 9.74. The Balaban J connectivity index is 2.06. The molecule has 32 heavy (non-hydrogen) atoms. The molecule has 0 N–H and O–H groups in total. The van der Waals surface area contributed by atoms with Gasteiger partial charge in [0.05, 0.1) is 29.4 Å². The van der Waals surface area contributed by atoms with Crippen molar-refractivity contribution in [2.45, 2.75) is 39.5 Å². The van der Waals surface area contributed by atoms with Crippen LogP contribution in [-0.4, -0.2) is 44.6 Å². The van der Waals surface area contributed by atoms with Gasteiger partial charge in [0.15, 0.2) is 0 Å². The highest BCUT2D eigenvalue weighted by Crippen LogP contribution is 2.46. The topological polar surface area (TPSA) is 98.0 Å². The highest BCUT2D eigenvalue weighted by molar-refractivity contribution is 6.31. The maximum atomic E-state index is 13.3. The number of esters is 2. The molecule has 1 heterocycles. The normalized spacial score (nSPS) is 21.4. The molecule has 0 aromatic heterocycles. The van der Waals surface area contributed by atoms with E-state index in [1.807, 2.05) is 0 Å². The molecule has 1 fully saturated rings. The van der Waals surface area contributed by atoms with Crippen LogP contribution in [0, 0.1) is 22.7 Å². The fraction of sp³-hybridized carbons (Fsp3) is 0.500. The van der Waals surface area contributed by atoms with Crippen LogP contribution >= 0.6 is 11.6 Å². The summed E-state index contributed by atoms with van der Waals surface area (Å²) in [5, 5.41) is 10.0. The smallest absolute Gasteiger partial charge is 0.336 e. The van der Waals surface area contributed by atoms with E-state index in [-0.39, 0.29) is 34.8 Å². The number of benzene rings is 1. The van der Waals surface area contributed by atoms with E-state index in [1.54, 1.807) is 32.0 Å². The molecule has 0 saturated heterocycles. The number of aliphatic imine (C=N–C) groups is 1. The van der Waals surface area contributed by atoms with Gasteiger partial charge in [-0.1, -0.05) is 30.7 Å². The first-order chi connectivity index (χ1) is 15.2. The Bertz CT molecular complexity index is 1020. The highest BCUT2D eigenvalue weighted by atomic mass is 35.5. The molecule has 0 spiro atoms. The van der Waals surface area contributed by atoms with Crippen LogP contribution in [0.5, 0.6) is 0 Å². The van der Waals surface area contributed by atoms with E-state index in [4.69, 9.17) is 25.8 Å². The summed E-state index contributed by atoms with van der Waals surface area (Å²) in [7, 11) is 1.51. The van der Waals surface area contributed by atoms with Gasteiger partial charge in [-0.25, -0.2) is 4.79 Å². The monoisotopic (exact) mass is 458 g/mol. The van der Waals surface area contributed by atoms with Crippen LogP contribution in [0.4, 0.5) is 0 Å². The molecule has 1 aliphatic carbocycles. The van der Waals surface area contributed by atoms with Crippen molar-refractivity contribution in [3.05, 3.63) is 45.6 Å². The van der Waals surface area contributed by atoms with Crippen molar-refractivity contribution < 1.29 is 23.8 Å². The number of hydrogen-bond acceptors (Lipinski definition) is 7. The van der Waals surface area contributed by atoms with Crippen molar-refractivity contribution in [3.63, 3.8) is 0 Å². The van der Waals surface area contributed by atoms with Crippen LogP contribution < -0.4 is 0 Å². The van der Waals surface area contributed by atoms with Gasteiger partial charge in [0.1, 0.15) is 18.6 Å². The number of nitriles is 1. The van der Waals surface area contributed by atoms with E-state index >= 15 is 0 Å². The molecule has 1 saturated carbocycles. The average molecular weight is 459 g/mol. The second-order valence-corrected chi connectivity index (χ2v) is 8.98. The molecule has 7 nitrogen and oxygen atoms in total. The molecule has 0 bridgehead atoms. The summed E-state index contributed by atoms with van der Waals surface area (Å²) in [6, 6.07) is 7.10. The predicted molar refractivity (Wildman–Crippen MR) is 119 cm³/mol. The number of nitrogens with zero attached hydrogens (tertiary/aromatic N) is 2. The minimum atomic E-state index is -0.878. The van der Waals surface area contributed by atoms with Crippen molar-refractivity contribution in [3.8, 4) is 6.07 Å². The van der Waals surface area contributed by atoms with Gasteiger partial charge in [-0.05, 0) is 38.3 Å². The van der Waals surface area contributed by atoms with E-state index in [0.717, 1.165) is 12.8 Å². The Morgan fingerprint density at radius 3 is 2.59 bits per heavy atom. The predicted octanol–water partition coefficient (Wildman–Crippen LogP) is 4.19. The molecule has 1 aromatic carbocycles. The van der Waals surface area contributed by atoms with Crippen LogP contribution in [0.1, 0.15) is 50.7 Å². The number of rotatable bonds is 8. The summed E-state index contributed by atoms with van der Waals surface area (Å²) >= 11 is 6.29. The number of allylic oxidation sites excluding steroid dienone is 1. The van der Waals surface area contributed by atoms with E-state index in [2.05, 4.69) is 18.0 Å². The summed E-state index contributed by atoms with van der Waals surface area (Å²) in [5.41, 5.74) is 1.83. The minimum absolute atomic E-state index is 0.00636. The van der Waals surface area contributed by atoms with Gasteiger partial charge in [0, 0.05) is 29.9 Å². The van der Waals surface area contributed by atoms with Crippen molar-refractivity contribution in [2.24, 2.45) is 16.3 Å². The van der Waals surface area contributed by atoms with E-state index in [1.165, 1.54) is 7.11 Å². The maximum absolute atomic E-state index is 13.3. The first-order valence-corrected chi connectivity index (χ1v) is 10.9.